The highest BCUT2D eigenvalue weighted by Gasteiger charge is 2.33. The van der Waals surface area contributed by atoms with Crippen LogP contribution in [0.15, 0.2) is 30.5 Å². The molecule has 1 aliphatic heterocycles. The number of nitrogens with zero attached hydrogens (tertiary/aromatic N) is 4. The standard InChI is InChI=1S/C17H18N4O6/c1-25-14-8-12(13(21(23)24)9-15(14)26-2)17(22)20-7-5-11(10-20)27-16-4-3-6-18-19-16/h3-4,6,8-9,11H,5,7,10H2,1-2H3. The molecular formula is C17H18N4O6. The Bertz CT molecular complexity index is 845. The first-order valence-electron chi connectivity index (χ1n) is 8.17. The first-order chi connectivity index (χ1) is 13.0. The molecule has 3 rings (SSSR count). The number of nitro benzene ring substituents is 1. The van der Waals surface area contributed by atoms with E-state index in [-0.39, 0.29) is 28.9 Å². The topological polar surface area (TPSA) is 117 Å². The fourth-order valence-electron chi connectivity index (χ4n) is 2.89. The van der Waals surface area contributed by atoms with E-state index in [0.717, 1.165) is 0 Å². The number of nitro groups is 1. The summed E-state index contributed by atoms with van der Waals surface area (Å²) in [6, 6.07) is 5.90. The highest BCUT2D eigenvalue weighted by molar-refractivity contribution is 5.99. The van der Waals surface area contributed by atoms with Crippen molar-refractivity contribution >= 4 is 11.6 Å². The largest absolute Gasteiger partial charge is 0.493 e. The first-order valence-corrected chi connectivity index (χ1v) is 8.17. The van der Waals surface area contributed by atoms with E-state index >= 15 is 0 Å². The Balaban J connectivity index is 1.80. The molecule has 1 aromatic heterocycles. The molecule has 1 fully saturated rings. The minimum atomic E-state index is -0.612. The lowest BCUT2D eigenvalue weighted by Crippen LogP contribution is -2.31. The van der Waals surface area contributed by atoms with Gasteiger partial charge in [0, 0.05) is 31.3 Å². The lowest BCUT2D eigenvalue weighted by molar-refractivity contribution is -0.385. The van der Waals surface area contributed by atoms with Crippen LogP contribution < -0.4 is 14.2 Å². The summed E-state index contributed by atoms with van der Waals surface area (Å²) in [7, 11) is 2.77. The second kappa shape index (κ2) is 7.85. The molecule has 1 aliphatic rings. The molecule has 27 heavy (non-hydrogen) atoms. The van der Waals surface area contributed by atoms with Crippen LogP contribution in [-0.2, 0) is 0 Å². The summed E-state index contributed by atoms with van der Waals surface area (Å²) in [5, 5.41) is 19.0. The first kappa shape index (κ1) is 18.4. The number of rotatable bonds is 6. The van der Waals surface area contributed by atoms with Gasteiger partial charge in [-0.1, -0.05) is 0 Å². The van der Waals surface area contributed by atoms with E-state index in [1.165, 1.54) is 37.4 Å². The van der Waals surface area contributed by atoms with Crippen LogP contribution in [0.3, 0.4) is 0 Å². The van der Waals surface area contributed by atoms with Crippen LogP contribution in [0.5, 0.6) is 17.4 Å². The number of carbonyl (C=O) groups excluding carboxylic acids is 1. The van der Waals surface area contributed by atoms with Gasteiger partial charge in [-0.2, -0.15) is 5.10 Å². The maximum absolute atomic E-state index is 12.9. The van der Waals surface area contributed by atoms with Crippen molar-refractivity contribution in [1.29, 1.82) is 0 Å². The Hall–Kier alpha value is -3.43. The Labute approximate surface area is 154 Å². The molecule has 2 aromatic rings. The minimum absolute atomic E-state index is 0.0576. The maximum atomic E-state index is 12.9. The van der Waals surface area contributed by atoms with Gasteiger partial charge in [-0.25, -0.2) is 0 Å². The van der Waals surface area contributed by atoms with E-state index < -0.39 is 10.8 Å². The van der Waals surface area contributed by atoms with Crippen LogP contribution >= 0.6 is 0 Å². The van der Waals surface area contributed by atoms with Crippen molar-refractivity contribution in [2.24, 2.45) is 0 Å². The Morgan fingerprint density at radius 2 is 2.04 bits per heavy atom. The quantitative estimate of drug-likeness (QED) is 0.554. The molecule has 1 unspecified atom stereocenters. The fourth-order valence-corrected chi connectivity index (χ4v) is 2.89. The van der Waals surface area contributed by atoms with Crippen molar-refractivity contribution in [2.45, 2.75) is 12.5 Å². The molecule has 0 N–H and O–H groups in total. The summed E-state index contributed by atoms with van der Waals surface area (Å²) in [6.45, 7) is 0.705. The zero-order valence-electron chi connectivity index (χ0n) is 14.8. The monoisotopic (exact) mass is 374 g/mol. The molecule has 0 radical (unpaired) electrons. The average molecular weight is 374 g/mol. The van der Waals surface area contributed by atoms with Crippen LogP contribution in [0.25, 0.3) is 0 Å². The molecule has 142 valence electrons. The smallest absolute Gasteiger partial charge is 0.286 e. The van der Waals surface area contributed by atoms with Gasteiger partial charge in [0.15, 0.2) is 11.5 Å². The van der Waals surface area contributed by atoms with Crippen LogP contribution in [0.4, 0.5) is 5.69 Å². The number of ether oxygens (including phenoxy) is 3. The third-order valence-electron chi connectivity index (χ3n) is 4.20. The highest BCUT2D eigenvalue weighted by Crippen LogP contribution is 2.35. The third kappa shape index (κ3) is 3.89. The SMILES string of the molecule is COc1cc(C(=O)N2CCC(Oc3cccnn3)C2)c([N+](=O)[O-])cc1OC. The van der Waals surface area contributed by atoms with Gasteiger partial charge in [0.1, 0.15) is 11.7 Å². The van der Waals surface area contributed by atoms with Crippen molar-refractivity contribution in [3.05, 3.63) is 46.1 Å². The van der Waals surface area contributed by atoms with Crippen molar-refractivity contribution in [1.82, 2.24) is 15.1 Å². The third-order valence-corrected chi connectivity index (χ3v) is 4.20. The summed E-state index contributed by atoms with van der Waals surface area (Å²) in [6.07, 6.45) is 1.86. The molecular weight excluding hydrogens is 356 g/mol. The lowest BCUT2D eigenvalue weighted by atomic mass is 10.1. The molecule has 1 amide bonds. The van der Waals surface area contributed by atoms with Gasteiger partial charge in [-0.15, -0.1) is 5.10 Å². The van der Waals surface area contributed by atoms with Gasteiger partial charge < -0.3 is 19.1 Å². The number of benzene rings is 1. The van der Waals surface area contributed by atoms with Crippen molar-refractivity contribution in [3.8, 4) is 17.4 Å². The fraction of sp³-hybridized carbons (Fsp3) is 0.353. The van der Waals surface area contributed by atoms with Gasteiger partial charge in [0.05, 0.1) is 31.8 Å². The lowest BCUT2D eigenvalue weighted by Gasteiger charge is -2.18. The Morgan fingerprint density at radius 3 is 2.67 bits per heavy atom. The molecule has 0 aliphatic carbocycles. The Kier molecular flexibility index (Phi) is 5.34. The van der Waals surface area contributed by atoms with E-state index in [1.54, 1.807) is 12.1 Å². The molecule has 0 spiro atoms. The number of likely N-dealkylation sites (tertiary alicyclic amines) is 1. The van der Waals surface area contributed by atoms with Crippen LogP contribution in [-0.4, -0.2) is 59.3 Å². The normalized spacial score (nSPS) is 16.1. The van der Waals surface area contributed by atoms with E-state index in [0.29, 0.717) is 25.4 Å². The zero-order chi connectivity index (χ0) is 19.4. The molecule has 1 saturated heterocycles. The number of aromatic nitrogens is 2. The maximum Gasteiger partial charge on any atom is 0.286 e. The van der Waals surface area contributed by atoms with Crippen LogP contribution in [0, 0.1) is 10.1 Å². The summed E-state index contributed by atoms with van der Waals surface area (Å²) in [4.78, 5) is 25.2. The summed E-state index contributed by atoms with van der Waals surface area (Å²) in [5.41, 5.74) is -0.395. The molecule has 1 aromatic carbocycles. The van der Waals surface area contributed by atoms with Crippen LogP contribution in [0.1, 0.15) is 16.8 Å². The Morgan fingerprint density at radius 1 is 1.30 bits per heavy atom. The van der Waals surface area contributed by atoms with E-state index in [4.69, 9.17) is 14.2 Å². The van der Waals surface area contributed by atoms with E-state index in [1.807, 2.05) is 0 Å². The number of carbonyl (C=O) groups is 1. The summed E-state index contributed by atoms with van der Waals surface area (Å²) in [5.74, 6) is 0.339. The average Bonchev–Trinajstić information content (AvgIpc) is 3.15. The minimum Gasteiger partial charge on any atom is -0.493 e. The van der Waals surface area contributed by atoms with E-state index in [9.17, 15) is 14.9 Å². The van der Waals surface area contributed by atoms with Gasteiger partial charge in [-0.05, 0) is 6.07 Å². The molecule has 10 nitrogen and oxygen atoms in total. The van der Waals surface area contributed by atoms with Gasteiger partial charge in [-0.3, -0.25) is 14.9 Å². The molecule has 0 bridgehead atoms. The number of methoxy groups -OCH3 is 2. The second-order valence-electron chi connectivity index (χ2n) is 5.82. The van der Waals surface area contributed by atoms with Gasteiger partial charge in [0.25, 0.3) is 11.6 Å². The number of amides is 1. The van der Waals surface area contributed by atoms with Crippen molar-refractivity contribution in [2.75, 3.05) is 27.3 Å². The molecule has 0 saturated carbocycles. The number of hydrogen-bond acceptors (Lipinski definition) is 8. The van der Waals surface area contributed by atoms with E-state index in [2.05, 4.69) is 10.2 Å². The van der Waals surface area contributed by atoms with Crippen LogP contribution in [0.2, 0.25) is 0 Å². The highest BCUT2D eigenvalue weighted by atomic mass is 16.6. The molecule has 10 heteroatoms. The van der Waals surface area contributed by atoms with Gasteiger partial charge >= 0.3 is 0 Å². The van der Waals surface area contributed by atoms with Gasteiger partial charge in [0.2, 0.25) is 5.88 Å². The summed E-state index contributed by atoms with van der Waals surface area (Å²) < 4.78 is 16.0. The molecule has 2 heterocycles. The predicted octanol–water partition coefficient (Wildman–Crippen LogP) is 1.70. The van der Waals surface area contributed by atoms with Crippen molar-refractivity contribution < 1.29 is 23.9 Å². The predicted molar refractivity (Wildman–Crippen MR) is 93.2 cm³/mol. The number of hydrogen-bond donors (Lipinski definition) is 0. The van der Waals surface area contributed by atoms with Crippen molar-refractivity contribution in [3.63, 3.8) is 0 Å². The molecule has 1 atom stereocenters. The summed E-state index contributed by atoms with van der Waals surface area (Å²) >= 11 is 0. The zero-order valence-corrected chi connectivity index (χ0v) is 14.8. The second-order valence-corrected chi connectivity index (χ2v) is 5.82.